The molecule has 7 heteroatoms. The van der Waals surface area contributed by atoms with E-state index in [4.69, 9.17) is 9.66 Å². The summed E-state index contributed by atoms with van der Waals surface area (Å²) in [6.07, 6.45) is 1.80. The number of aryl methyl sites for hydroxylation is 1. The van der Waals surface area contributed by atoms with E-state index in [9.17, 15) is 8.42 Å². The maximum atomic E-state index is 11.1. The van der Waals surface area contributed by atoms with Gasteiger partial charge in [-0.25, -0.2) is 18.5 Å². The van der Waals surface area contributed by atoms with Crippen LogP contribution < -0.4 is 5.14 Å². The van der Waals surface area contributed by atoms with Crippen molar-refractivity contribution < 1.29 is 12.9 Å². The van der Waals surface area contributed by atoms with E-state index in [0.717, 1.165) is 6.20 Å². The molecule has 2 N–H and O–H groups in total. The van der Waals surface area contributed by atoms with Crippen molar-refractivity contribution in [3.8, 4) is 0 Å². The van der Waals surface area contributed by atoms with Crippen molar-refractivity contribution >= 4 is 21.1 Å². The standard InChI is InChI=1S/C8H9N3O3S/c1-2-7-6-3-5(15(9,12)13)4-10-8(6)14-11-7/h3-4H,2H2,1H3,(H2,9,12,13). The molecule has 0 unspecified atom stereocenters. The minimum atomic E-state index is -3.73. The molecule has 0 saturated carbocycles. The molecular weight excluding hydrogens is 218 g/mol. The number of primary sulfonamides is 1. The Morgan fingerprint density at radius 1 is 1.53 bits per heavy atom. The molecule has 0 bridgehead atoms. The number of nitrogens with zero attached hydrogens (tertiary/aromatic N) is 2. The largest absolute Gasteiger partial charge is 0.336 e. The highest BCUT2D eigenvalue weighted by molar-refractivity contribution is 7.89. The summed E-state index contributed by atoms with van der Waals surface area (Å²) in [5.41, 5.74) is 0.988. The lowest BCUT2D eigenvalue weighted by Crippen LogP contribution is -2.12. The molecule has 6 nitrogen and oxygen atoms in total. The van der Waals surface area contributed by atoms with Crippen LogP contribution in [0.2, 0.25) is 0 Å². The van der Waals surface area contributed by atoms with Crippen LogP contribution in [0.25, 0.3) is 11.1 Å². The fourth-order valence-electron chi connectivity index (χ4n) is 1.27. The molecule has 0 aliphatic carbocycles. The van der Waals surface area contributed by atoms with Crippen LogP contribution in [-0.4, -0.2) is 18.6 Å². The minimum Gasteiger partial charge on any atom is -0.336 e. The van der Waals surface area contributed by atoms with Gasteiger partial charge in [0.2, 0.25) is 10.0 Å². The Hall–Kier alpha value is -1.47. The number of fused-ring (bicyclic) bond motifs is 1. The van der Waals surface area contributed by atoms with Crippen LogP contribution in [0.3, 0.4) is 0 Å². The third kappa shape index (κ3) is 1.71. The summed E-state index contributed by atoms with van der Waals surface area (Å²) in [7, 11) is -3.73. The summed E-state index contributed by atoms with van der Waals surface area (Å²) < 4.78 is 27.1. The van der Waals surface area contributed by atoms with Gasteiger partial charge in [-0.15, -0.1) is 0 Å². The van der Waals surface area contributed by atoms with E-state index >= 15 is 0 Å². The molecule has 15 heavy (non-hydrogen) atoms. The summed E-state index contributed by atoms with van der Waals surface area (Å²) in [4.78, 5) is 3.79. The number of hydrogen-bond donors (Lipinski definition) is 1. The van der Waals surface area contributed by atoms with Gasteiger partial charge >= 0.3 is 0 Å². The molecule has 2 aromatic heterocycles. The van der Waals surface area contributed by atoms with Gasteiger partial charge in [-0.2, -0.15) is 0 Å². The average Bonchev–Trinajstić information content (AvgIpc) is 2.57. The lowest BCUT2D eigenvalue weighted by atomic mass is 10.2. The predicted molar refractivity (Wildman–Crippen MR) is 52.6 cm³/mol. The maximum absolute atomic E-state index is 11.1. The molecule has 80 valence electrons. The van der Waals surface area contributed by atoms with E-state index in [2.05, 4.69) is 10.1 Å². The van der Waals surface area contributed by atoms with Crippen LogP contribution in [0, 0.1) is 0 Å². The smallest absolute Gasteiger partial charge is 0.258 e. The number of sulfonamides is 1. The molecular formula is C8H9N3O3S. The molecule has 0 fully saturated rings. The second kappa shape index (κ2) is 3.28. The van der Waals surface area contributed by atoms with Crippen molar-refractivity contribution in [3.05, 3.63) is 18.0 Å². The van der Waals surface area contributed by atoms with Crippen molar-refractivity contribution in [2.45, 2.75) is 18.2 Å². The molecule has 0 radical (unpaired) electrons. The molecule has 0 aliphatic heterocycles. The molecule has 0 spiro atoms. The summed E-state index contributed by atoms with van der Waals surface area (Å²) >= 11 is 0. The summed E-state index contributed by atoms with van der Waals surface area (Å²) in [6.45, 7) is 1.89. The Bertz CT molecular complexity index is 603. The number of hydrogen-bond acceptors (Lipinski definition) is 5. The number of rotatable bonds is 2. The van der Waals surface area contributed by atoms with Gasteiger partial charge in [0.25, 0.3) is 5.71 Å². The van der Waals surface area contributed by atoms with E-state index in [1.807, 2.05) is 6.92 Å². The van der Waals surface area contributed by atoms with Crippen LogP contribution in [0.4, 0.5) is 0 Å². The van der Waals surface area contributed by atoms with Gasteiger partial charge in [0.15, 0.2) is 0 Å². The van der Waals surface area contributed by atoms with E-state index in [-0.39, 0.29) is 4.90 Å². The van der Waals surface area contributed by atoms with Gasteiger partial charge in [-0.3, -0.25) is 0 Å². The first kappa shape index (κ1) is 10.1. The second-order valence-electron chi connectivity index (χ2n) is 3.05. The van der Waals surface area contributed by atoms with Gasteiger partial charge in [0.05, 0.1) is 17.3 Å². The Morgan fingerprint density at radius 2 is 2.27 bits per heavy atom. The van der Waals surface area contributed by atoms with Gasteiger partial charge < -0.3 is 4.52 Å². The van der Waals surface area contributed by atoms with Gasteiger partial charge in [0.1, 0.15) is 4.90 Å². The third-order valence-electron chi connectivity index (χ3n) is 2.04. The fourth-order valence-corrected chi connectivity index (χ4v) is 1.75. The van der Waals surface area contributed by atoms with Gasteiger partial charge in [-0.1, -0.05) is 12.1 Å². The van der Waals surface area contributed by atoms with Crippen molar-refractivity contribution in [1.29, 1.82) is 0 Å². The first-order chi connectivity index (χ1) is 7.02. The topological polar surface area (TPSA) is 99.1 Å². The molecule has 0 saturated heterocycles. The monoisotopic (exact) mass is 227 g/mol. The third-order valence-corrected chi connectivity index (χ3v) is 2.92. The lowest BCUT2D eigenvalue weighted by Gasteiger charge is -1.96. The van der Waals surface area contributed by atoms with E-state index in [1.165, 1.54) is 6.07 Å². The minimum absolute atomic E-state index is 0.0344. The molecule has 0 atom stereocenters. The Kier molecular flexibility index (Phi) is 2.20. The van der Waals surface area contributed by atoms with Crippen molar-refractivity contribution in [1.82, 2.24) is 10.1 Å². The average molecular weight is 227 g/mol. The van der Waals surface area contributed by atoms with E-state index in [0.29, 0.717) is 23.2 Å². The molecule has 2 heterocycles. The Balaban J connectivity index is 2.73. The molecule has 2 aromatic rings. The highest BCUT2D eigenvalue weighted by Gasteiger charge is 2.13. The molecule has 0 aromatic carbocycles. The van der Waals surface area contributed by atoms with E-state index < -0.39 is 10.0 Å². The summed E-state index contributed by atoms with van der Waals surface area (Å²) in [5.74, 6) is 0. The van der Waals surface area contributed by atoms with Crippen LogP contribution in [-0.2, 0) is 16.4 Å². The van der Waals surface area contributed by atoms with Crippen molar-refractivity contribution in [2.75, 3.05) is 0 Å². The highest BCUT2D eigenvalue weighted by Crippen LogP contribution is 2.19. The zero-order chi connectivity index (χ0) is 11.1. The van der Waals surface area contributed by atoms with Crippen LogP contribution in [0.1, 0.15) is 12.6 Å². The maximum Gasteiger partial charge on any atom is 0.258 e. The quantitative estimate of drug-likeness (QED) is 0.802. The van der Waals surface area contributed by atoms with Crippen LogP contribution in [0.5, 0.6) is 0 Å². The lowest BCUT2D eigenvalue weighted by molar-refractivity contribution is 0.439. The molecule has 2 rings (SSSR count). The van der Waals surface area contributed by atoms with Crippen molar-refractivity contribution in [2.24, 2.45) is 5.14 Å². The highest BCUT2D eigenvalue weighted by atomic mass is 32.2. The van der Waals surface area contributed by atoms with Gasteiger partial charge in [0, 0.05) is 0 Å². The van der Waals surface area contributed by atoms with E-state index in [1.54, 1.807) is 0 Å². The number of nitrogens with two attached hydrogens (primary N) is 1. The second-order valence-corrected chi connectivity index (χ2v) is 4.61. The zero-order valence-corrected chi connectivity index (χ0v) is 8.78. The Morgan fingerprint density at radius 3 is 2.87 bits per heavy atom. The number of aromatic nitrogens is 2. The first-order valence-electron chi connectivity index (χ1n) is 4.29. The SMILES string of the molecule is CCc1noc2ncc(S(N)(=O)=O)cc12. The molecule has 0 aliphatic rings. The summed E-state index contributed by atoms with van der Waals surface area (Å²) in [5, 5.41) is 9.34. The number of pyridine rings is 1. The normalized spacial score (nSPS) is 12.1. The summed E-state index contributed by atoms with van der Waals surface area (Å²) in [6, 6.07) is 1.42. The van der Waals surface area contributed by atoms with Crippen LogP contribution in [0.15, 0.2) is 21.7 Å². The predicted octanol–water partition coefficient (Wildman–Crippen LogP) is 0.433. The Labute approximate surface area is 86.1 Å². The first-order valence-corrected chi connectivity index (χ1v) is 5.84. The van der Waals surface area contributed by atoms with Crippen LogP contribution >= 0.6 is 0 Å². The molecule has 0 amide bonds. The van der Waals surface area contributed by atoms with Gasteiger partial charge in [-0.05, 0) is 12.5 Å². The zero-order valence-electron chi connectivity index (χ0n) is 7.97. The fraction of sp³-hybridized carbons (Fsp3) is 0.250. The van der Waals surface area contributed by atoms with Crippen molar-refractivity contribution in [3.63, 3.8) is 0 Å².